The van der Waals surface area contributed by atoms with Crippen molar-refractivity contribution in [2.45, 2.75) is 57.5 Å². The zero-order valence-electron chi connectivity index (χ0n) is 9.34. The molecule has 1 fully saturated rings. The molecule has 0 radical (unpaired) electrons. The minimum atomic E-state index is 0.329. The van der Waals surface area contributed by atoms with E-state index in [1.54, 1.807) is 0 Å². The van der Waals surface area contributed by atoms with Crippen molar-refractivity contribution < 1.29 is 9.53 Å². The number of hydrogen-bond acceptors (Lipinski definition) is 2. The third kappa shape index (κ3) is 5.59. The molecular formula is C13H20O2. The van der Waals surface area contributed by atoms with Crippen LogP contribution in [0.4, 0.5) is 0 Å². The van der Waals surface area contributed by atoms with Crippen molar-refractivity contribution in [1.82, 2.24) is 0 Å². The van der Waals surface area contributed by atoms with E-state index < -0.39 is 0 Å². The normalized spacial score (nSPS) is 20.9. The topological polar surface area (TPSA) is 26.3 Å². The van der Waals surface area contributed by atoms with Crippen LogP contribution in [0.3, 0.4) is 0 Å². The Morgan fingerprint density at radius 3 is 2.93 bits per heavy atom. The summed E-state index contributed by atoms with van der Waals surface area (Å²) in [6.07, 6.45) is 12.7. The van der Waals surface area contributed by atoms with Gasteiger partial charge in [0.25, 0.3) is 0 Å². The summed E-state index contributed by atoms with van der Waals surface area (Å²) in [6.45, 7) is 0.871. The Morgan fingerprint density at radius 1 is 1.40 bits per heavy atom. The molecule has 0 amide bonds. The zero-order valence-corrected chi connectivity index (χ0v) is 9.34. The molecule has 0 aromatic heterocycles. The van der Waals surface area contributed by atoms with Crippen molar-refractivity contribution in [3.8, 4) is 12.3 Å². The SMILES string of the molecule is C#CCCCC(=O)CCC1CCCCO1. The van der Waals surface area contributed by atoms with Crippen LogP contribution in [0.15, 0.2) is 0 Å². The minimum Gasteiger partial charge on any atom is -0.378 e. The lowest BCUT2D eigenvalue weighted by molar-refractivity contribution is -0.120. The fraction of sp³-hybridized carbons (Fsp3) is 0.769. The van der Waals surface area contributed by atoms with Crippen molar-refractivity contribution in [1.29, 1.82) is 0 Å². The zero-order chi connectivity index (χ0) is 10.9. The van der Waals surface area contributed by atoms with Crippen LogP contribution in [0.2, 0.25) is 0 Å². The molecule has 1 atom stereocenters. The molecule has 0 N–H and O–H groups in total. The van der Waals surface area contributed by atoms with E-state index in [1.807, 2.05) is 0 Å². The summed E-state index contributed by atoms with van der Waals surface area (Å²) in [5.74, 6) is 2.88. The maximum Gasteiger partial charge on any atom is 0.133 e. The number of carbonyl (C=O) groups excluding carboxylic acids is 1. The second-order valence-corrected chi connectivity index (χ2v) is 4.12. The van der Waals surface area contributed by atoms with Crippen molar-refractivity contribution >= 4 is 5.78 Å². The van der Waals surface area contributed by atoms with Gasteiger partial charge in [-0.3, -0.25) is 4.79 Å². The fourth-order valence-corrected chi connectivity index (χ4v) is 1.87. The molecule has 0 aliphatic carbocycles. The lowest BCUT2D eigenvalue weighted by Gasteiger charge is -2.22. The van der Waals surface area contributed by atoms with Crippen molar-refractivity contribution in [3.05, 3.63) is 0 Å². The fourth-order valence-electron chi connectivity index (χ4n) is 1.87. The van der Waals surface area contributed by atoms with Gasteiger partial charge >= 0.3 is 0 Å². The molecule has 1 unspecified atom stereocenters. The summed E-state index contributed by atoms with van der Waals surface area (Å²) >= 11 is 0. The minimum absolute atomic E-state index is 0.329. The Morgan fingerprint density at radius 2 is 2.27 bits per heavy atom. The lowest BCUT2D eigenvalue weighted by Crippen LogP contribution is -2.19. The molecule has 0 aromatic rings. The van der Waals surface area contributed by atoms with Crippen LogP contribution in [-0.2, 0) is 9.53 Å². The molecule has 0 spiro atoms. The van der Waals surface area contributed by atoms with Gasteiger partial charge in [-0.15, -0.1) is 12.3 Å². The van der Waals surface area contributed by atoms with E-state index in [4.69, 9.17) is 11.2 Å². The van der Waals surface area contributed by atoms with Crippen LogP contribution in [0, 0.1) is 12.3 Å². The highest BCUT2D eigenvalue weighted by Gasteiger charge is 2.14. The summed E-state index contributed by atoms with van der Waals surface area (Å²) in [5, 5.41) is 0. The molecule has 0 saturated carbocycles. The molecule has 0 aromatic carbocycles. The Balaban J connectivity index is 2.03. The van der Waals surface area contributed by atoms with Gasteiger partial charge < -0.3 is 4.74 Å². The van der Waals surface area contributed by atoms with Crippen LogP contribution < -0.4 is 0 Å². The molecule has 1 aliphatic rings. The molecular weight excluding hydrogens is 188 g/mol. The first-order chi connectivity index (χ1) is 7.33. The van der Waals surface area contributed by atoms with Crippen LogP contribution in [0.5, 0.6) is 0 Å². The largest absolute Gasteiger partial charge is 0.378 e. The summed E-state index contributed by atoms with van der Waals surface area (Å²) in [4.78, 5) is 11.4. The monoisotopic (exact) mass is 208 g/mol. The maximum atomic E-state index is 11.4. The lowest BCUT2D eigenvalue weighted by atomic mass is 10.0. The van der Waals surface area contributed by atoms with Gasteiger partial charge in [-0.1, -0.05) is 0 Å². The second-order valence-electron chi connectivity index (χ2n) is 4.12. The number of ether oxygens (including phenoxy) is 1. The van der Waals surface area contributed by atoms with E-state index in [1.165, 1.54) is 12.8 Å². The quantitative estimate of drug-likeness (QED) is 0.495. The molecule has 1 rings (SSSR count). The highest BCUT2D eigenvalue weighted by Crippen LogP contribution is 2.17. The highest BCUT2D eigenvalue weighted by atomic mass is 16.5. The van der Waals surface area contributed by atoms with Gasteiger partial charge in [0.1, 0.15) is 5.78 Å². The number of hydrogen-bond donors (Lipinski definition) is 0. The number of carbonyl (C=O) groups is 1. The number of rotatable bonds is 6. The van der Waals surface area contributed by atoms with Gasteiger partial charge in [0.15, 0.2) is 0 Å². The van der Waals surface area contributed by atoms with E-state index in [-0.39, 0.29) is 0 Å². The molecule has 0 bridgehead atoms. The van der Waals surface area contributed by atoms with Gasteiger partial charge in [-0.2, -0.15) is 0 Å². The molecule has 2 heteroatoms. The summed E-state index contributed by atoms with van der Waals surface area (Å²) < 4.78 is 5.57. The van der Waals surface area contributed by atoms with E-state index in [0.717, 1.165) is 25.9 Å². The average Bonchev–Trinajstić information content (AvgIpc) is 2.28. The second kappa shape index (κ2) is 7.48. The number of unbranched alkanes of at least 4 members (excludes halogenated alkanes) is 1. The van der Waals surface area contributed by atoms with Crippen LogP contribution in [-0.4, -0.2) is 18.5 Å². The van der Waals surface area contributed by atoms with Gasteiger partial charge in [-0.05, 0) is 32.1 Å². The molecule has 1 aliphatic heterocycles. The van der Waals surface area contributed by atoms with Gasteiger partial charge in [0, 0.05) is 25.9 Å². The molecule has 84 valence electrons. The van der Waals surface area contributed by atoms with Gasteiger partial charge in [0.05, 0.1) is 6.10 Å². The molecule has 1 saturated heterocycles. The Bertz CT molecular complexity index is 221. The molecule has 1 heterocycles. The van der Waals surface area contributed by atoms with Crippen LogP contribution in [0.25, 0.3) is 0 Å². The van der Waals surface area contributed by atoms with Crippen LogP contribution in [0.1, 0.15) is 51.4 Å². The van der Waals surface area contributed by atoms with E-state index in [2.05, 4.69) is 5.92 Å². The summed E-state index contributed by atoms with van der Waals surface area (Å²) in [7, 11) is 0. The van der Waals surface area contributed by atoms with E-state index >= 15 is 0 Å². The third-order valence-corrected chi connectivity index (χ3v) is 2.80. The summed E-state index contributed by atoms with van der Waals surface area (Å²) in [6, 6.07) is 0. The van der Waals surface area contributed by atoms with Gasteiger partial charge in [-0.25, -0.2) is 0 Å². The first-order valence-electron chi connectivity index (χ1n) is 5.89. The summed E-state index contributed by atoms with van der Waals surface area (Å²) in [5.41, 5.74) is 0. The van der Waals surface area contributed by atoms with Gasteiger partial charge in [0.2, 0.25) is 0 Å². The highest BCUT2D eigenvalue weighted by molar-refractivity contribution is 5.78. The predicted molar refractivity (Wildman–Crippen MR) is 60.5 cm³/mol. The first kappa shape index (κ1) is 12.3. The van der Waals surface area contributed by atoms with E-state index in [9.17, 15) is 4.79 Å². The number of terminal acetylenes is 1. The third-order valence-electron chi connectivity index (χ3n) is 2.80. The standard InChI is InChI=1S/C13H20O2/c1-2-3-4-7-12(14)9-10-13-8-5-6-11-15-13/h1,13H,3-11H2. The smallest absolute Gasteiger partial charge is 0.133 e. The molecule has 2 nitrogen and oxygen atoms in total. The first-order valence-corrected chi connectivity index (χ1v) is 5.89. The Hall–Kier alpha value is -0.810. The average molecular weight is 208 g/mol. The van der Waals surface area contributed by atoms with Crippen molar-refractivity contribution in [2.24, 2.45) is 0 Å². The number of ketones is 1. The Labute approximate surface area is 92.4 Å². The van der Waals surface area contributed by atoms with Crippen molar-refractivity contribution in [2.75, 3.05) is 6.61 Å². The van der Waals surface area contributed by atoms with Crippen LogP contribution >= 0.6 is 0 Å². The molecule has 15 heavy (non-hydrogen) atoms. The predicted octanol–water partition coefficient (Wildman–Crippen LogP) is 2.71. The Kier molecular flexibility index (Phi) is 6.11. The number of Topliss-reactive ketones (excluding diaryl/α,β-unsaturated/α-hetero) is 1. The van der Waals surface area contributed by atoms with E-state index in [0.29, 0.717) is 31.1 Å². The van der Waals surface area contributed by atoms with Crippen molar-refractivity contribution in [3.63, 3.8) is 0 Å². The maximum absolute atomic E-state index is 11.4.